The lowest BCUT2D eigenvalue weighted by Gasteiger charge is -2.45. The highest BCUT2D eigenvalue weighted by Gasteiger charge is 2.37. The fraction of sp³-hybridized carbons (Fsp3) is 0.300. The summed E-state index contributed by atoms with van der Waals surface area (Å²) >= 11 is 7.65. The first-order valence-corrected chi connectivity index (χ1v) is 9.95. The minimum absolute atomic E-state index is 0.0276. The van der Waals surface area contributed by atoms with Crippen molar-refractivity contribution in [2.24, 2.45) is 5.73 Å². The Kier molecular flexibility index (Phi) is 4.37. The van der Waals surface area contributed by atoms with Crippen LogP contribution in [0.2, 0.25) is 5.02 Å². The highest BCUT2D eigenvalue weighted by atomic mass is 35.5. The van der Waals surface area contributed by atoms with Crippen LogP contribution in [0.5, 0.6) is 0 Å². The van der Waals surface area contributed by atoms with Crippen molar-refractivity contribution in [1.29, 1.82) is 0 Å². The number of halogens is 1. The van der Waals surface area contributed by atoms with Gasteiger partial charge in [-0.2, -0.15) is 0 Å². The number of fused-ring (bicyclic) bond motifs is 1. The molecule has 0 atom stereocenters. The molecule has 5 nitrogen and oxygen atoms in total. The first kappa shape index (κ1) is 18.2. The average molecular weight is 402 g/mol. The number of aryl methyl sites for hydroxylation is 1. The number of carbonyl (C=O) groups is 1. The molecule has 1 aromatic carbocycles. The van der Waals surface area contributed by atoms with Gasteiger partial charge in [0.1, 0.15) is 6.54 Å². The number of aromatic nitrogens is 1. The Morgan fingerprint density at radius 1 is 1.33 bits per heavy atom. The number of likely N-dealkylation sites (tertiary alicyclic amines) is 1. The summed E-state index contributed by atoms with van der Waals surface area (Å²) in [4.78, 5) is 27.2. The van der Waals surface area contributed by atoms with Gasteiger partial charge in [-0.1, -0.05) is 17.7 Å². The van der Waals surface area contributed by atoms with E-state index < -0.39 is 0 Å². The topological polar surface area (TPSA) is 68.3 Å². The van der Waals surface area contributed by atoms with Crippen LogP contribution in [-0.2, 0) is 11.3 Å². The summed E-state index contributed by atoms with van der Waals surface area (Å²) in [5.74, 6) is -0.0847. The lowest BCUT2D eigenvalue weighted by atomic mass is 9.94. The number of nitrogens with two attached hydrogens (primary N) is 1. The Bertz CT molecular complexity index is 1110. The maximum atomic E-state index is 13.1. The Balaban J connectivity index is 1.70. The van der Waals surface area contributed by atoms with Crippen molar-refractivity contribution in [2.45, 2.75) is 25.9 Å². The molecule has 1 amide bonds. The molecule has 0 unspecified atom stereocenters. The lowest BCUT2D eigenvalue weighted by Crippen LogP contribution is -2.67. The van der Waals surface area contributed by atoms with E-state index in [1.165, 1.54) is 15.9 Å². The largest absolute Gasteiger partial charge is 0.337 e. The molecule has 1 saturated heterocycles. The molecule has 1 fully saturated rings. The van der Waals surface area contributed by atoms with Crippen molar-refractivity contribution < 1.29 is 4.79 Å². The molecule has 3 aromatic rings. The van der Waals surface area contributed by atoms with E-state index in [0.717, 1.165) is 21.4 Å². The summed E-state index contributed by atoms with van der Waals surface area (Å²) in [5, 5.41) is 3.32. The molecule has 2 aromatic heterocycles. The fourth-order valence-electron chi connectivity index (χ4n) is 3.48. The van der Waals surface area contributed by atoms with E-state index in [0.29, 0.717) is 23.5 Å². The molecular weight excluding hydrogens is 382 g/mol. The Hall–Kier alpha value is -2.15. The molecule has 27 heavy (non-hydrogen) atoms. The van der Waals surface area contributed by atoms with Gasteiger partial charge in [0.05, 0.1) is 5.39 Å². The van der Waals surface area contributed by atoms with Gasteiger partial charge >= 0.3 is 0 Å². The molecule has 0 saturated carbocycles. The molecule has 1 aliphatic rings. The maximum absolute atomic E-state index is 13.1. The number of carbonyl (C=O) groups excluding carboxylic acids is 1. The van der Waals surface area contributed by atoms with Crippen LogP contribution in [0, 0.1) is 6.92 Å². The van der Waals surface area contributed by atoms with Gasteiger partial charge in [-0.25, -0.2) is 0 Å². The summed E-state index contributed by atoms with van der Waals surface area (Å²) < 4.78 is 2.39. The van der Waals surface area contributed by atoms with Gasteiger partial charge in [0.15, 0.2) is 0 Å². The SMILES string of the molecule is Cc1cc(-c2csc3ccn(CC(=O)N4CC(C)(N)C4)c(=O)c23)ccc1Cl. The van der Waals surface area contributed by atoms with Gasteiger partial charge in [-0.15, -0.1) is 11.3 Å². The Morgan fingerprint density at radius 3 is 2.74 bits per heavy atom. The number of thiophene rings is 1. The normalized spacial score (nSPS) is 15.8. The predicted molar refractivity (Wildman–Crippen MR) is 110 cm³/mol. The van der Waals surface area contributed by atoms with Gasteiger partial charge in [-0.05, 0) is 43.2 Å². The number of hydrogen-bond donors (Lipinski definition) is 1. The second kappa shape index (κ2) is 6.48. The zero-order valence-corrected chi connectivity index (χ0v) is 16.7. The van der Waals surface area contributed by atoms with E-state index in [4.69, 9.17) is 17.3 Å². The number of amides is 1. The molecular formula is C20H20ClN3O2S. The molecule has 0 radical (unpaired) electrons. The fourth-order valence-corrected chi connectivity index (χ4v) is 4.55. The summed E-state index contributed by atoms with van der Waals surface area (Å²) in [6.45, 7) is 4.93. The van der Waals surface area contributed by atoms with E-state index in [-0.39, 0.29) is 23.6 Å². The zero-order valence-electron chi connectivity index (χ0n) is 15.2. The third-order valence-corrected chi connectivity index (χ3v) is 6.30. The van der Waals surface area contributed by atoms with Crippen LogP contribution in [0.3, 0.4) is 0 Å². The van der Waals surface area contributed by atoms with Crippen LogP contribution in [0.1, 0.15) is 12.5 Å². The lowest BCUT2D eigenvalue weighted by molar-refractivity contribution is -0.138. The zero-order chi connectivity index (χ0) is 19.3. The van der Waals surface area contributed by atoms with E-state index in [1.807, 2.05) is 43.5 Å². The van der Waals surface area contributed by atoms with Crippen molar-refractivity contribution in [3.05, 3.63) is 56.8 Å². The number of nitrogens with zero attached hydrogens (tertiary/aromatic N) is 2. The highest BCUT2D eigenvalue weighted by Crippen LogP contribution is 2.33. The Morgan fingerprint density at radius 2 is 2.07 bits per heavy atom. The van der Waals surface area contributed by atoms with Crippen LogP contribution in [0.15, 0.2) is 40.6 Å². The van der Waals surface area contributed by atoms with Gasteiger partial charge in [0, 0.05) is 45.5 Å². The standard InChI is InChI=1S/C20H20ClN3O2S/c1-12-7-13(3-4-15(12)21)14-9-27-16-5-6-23(19(26)18(14)16)8-17(25)24-10-20(2,22)11-24/h3-7,9H,8,10-11,22H2,1-2H3. The van der Waals surface area contributed by atoms with Crippen LogP contribution in [0.4, 0.5) is 0 Å². The molecule has 7 heteroatoms. The molecule has 0 spiro atoms. The molecule has 0 bridgehead atoms. The van der Waals surface area contributed by atoms with Crippen LogP contribution >= 0.6 is 22.9 Å². The van der Waals surface area contributed by atoms with E-state index in [1.54, 1.807) is 11.1 Å². The minimum Gasteiger partial charge on any atom is -0.337 e. The van der Waals surface area contributed by atoms with Gasteiger partial charge < -0.3 is 15.2 Å². The second-order valence-corrected chi connectivity index (χ2v) is 8.82. The number of hydrogen-bond acceptors (Lipinski definition) is 4. The quantitative estimate of drug-likeness (QED) is 0.732. The molecule has 0 aliphatic carbocycles. The third kappa shape index (κ3) is 3.29. The van der Waals surface area contributed by atoms with Crippen molar-refractivity contribution in [3.63, 3.8) is 0 Å². The van der Waals surface area contributed by atoms with Crippen molar-refractivity contribution in [1.82, 2.24) is 9.47 Å². The second-order valence-electron chi connectivity index (χ2n) is 7.51. The molecule has 4 rings (SSSR count). The molecule has 140 valence electrons. The van der Waals surface area contributed by atoms with E-state index >= 15 is 0 Å². The smallest absolute Gasteiger partial charge is 0.260 e. The average Bonchev–Trinajstić information content (AvgIpc) is 3.02. The number of benzene rings is 1. The molecule has 2 N–H and O–H groups in total. The number of pyridine rings is 1. The first-order valence-electron chi connectivity index (χ1n) is 8.69. The van der Waals surface area contributed by atoms with Crippen LogP contribution in [-0.4, -0.2) is 34.0 Å². The van der Waals surface area contributed by atoms with Crippen LogP contribution < -0.4 is 11.3 Å². The van der Waals surface area contributed by atoms with E-state index in [2.05, 4.69) is 0 Å². The van der Waals surface area contributed by atoms with Crippen molar-refractivity contribution >= 4 is 38.9 Å². The summed E-state index contributed by atoms with van der Waals surface area (Å²) in [7, 11) is 0. The molecule has 1 aliphatic heterocycles. The van der Waals surface area contributed by atoms with E-state index in [9.17, 15) is 9.59 Å². The minimum atomic E-state index is -0.322. The Labute approximate surface area is 166 Å². The number of rotatable bonds is 3. The molecule has 3 heterocycles. The van der Waals surface area contributed by atoms with Crippen molar-refractivity contribution in [3.8, 4) is 11.1 Å². The monoisotopic (exact) mass is 401 g/mol. The predicted octanol–water partition coefficient (Wildman–Crippen LogP) is 3.25. The van der Waals surface area contributed by atoms with Gasteiger partial charge in [-0.3, -0.25) is 9.59 Å². The van der Waals surface area contributed by atoms with Gasteiger partial charge in [0.2, 0.25) is 5.91 Å². The van der Waals surface area contributed by atoms with Crippen LogP contribution in [0.25, 0.3) is 21.2 Å². The van der Waals surface area contributed by atoms with Crippen molar-refractivity contribution in [2.75, 3.05) is 13.1 Å². The summed E-state index contributed by atoms with van der Waals surface area (Å²) in [6, 6.07) is 7.63. The first-order chi connectivity index (χ1) is 12.7. The third-order valence-electron chi connectivity index (χ3n) is 4.93. The highest BCUT2D eigenvalue weighted by molar-refractivity contribution is 7.17. The maximum Gasteiger partial charge on any atom is 0.260 e. The summed E-state index contributed by atoms with van der Waals surface area (Å²) in [5.41, 5.74) is 8.28. The van der Waals surface area contributed by atoms with Gasteiger partial charge in [0.25, 0.3) is 5.56 Å². The summed E-state index contributed by atoms with van der Waals surface area (Å²) in [6.07, 6.45) is 1.69.